The van der Waals surface area contributed by atoms with Crippen LogP contribution in [-0.4, -0.2) is 36.5 Å². The van der Waals surface area contributed by atoms with E-state index in [9.17, 15) is 19.2 Å². The van der Waals surface area contributed by atoms with Gasteiger partial charge in [0.05, 0.1) is 0 Å². The van der Waals surface area contributed by atoms with E-state index in [0.29, 0.717) is 11.4 Å². The number of ether oxygens (including phenoxy) is 1. The lowest BCUT2D eigenvalue weighted by atomic mass is 10.1. The SMILES string of the molecule is CC(=O)Nc1cccc(NC(=O)COC(=O)[C@H](Cc2ccccc2)NC(N)=O)c1. The van der Waals surface area contributed by atoms with Crippen LogP contribution in [-0.2, 0) is 25.5 Å². The van der Waals surface area contributed by atoms with Crippen molar-refractivity contribution in [2.24, 2.45) is 5.73 Å². The molecule has 0 fully saturated rings. The Morgan fingerprint density at radius 2 is 1.62 bits per heavy atom. The molecule has 0 heterocycles. The number of hydrogen-bond donors (Lipinski definition) is 4. The van der Waals surface area contributed by atoms with Crippen LogP contribution in [0.1, 0.15) is 12.5 Å². The highest BCUT2D eigenvalue weighted by molar-refractivity contribution is 5.95. The third-order valence-corrected chi connectivity index (χ3v) is 3.70. The van der Waals surface area contributed by atoms with Gasteiger partial charge in [-0.1, -0.05) is 36.4 Å². The summed E-state index contributed by atoms with van der Waals surface area (Å²) in [6.07, 6.45) is 0.170. The number of carbonyl (C=O) groups is 4. The molecule has 1 atom stereocenters. The zero-order valence-corrected chi connectivity index (χ0v) is 15.8. The van der Waals surface area contributed by atoms with E-state index in [2.05, 4.69) is 16.0 Å². The Kier molecular flexibility index (Phi) is 7.72. The van der Waals surface area contributed by atoms with Gasteiger partial charge in [0.2, 0.25) is 5.91 Å². The van der Waals surface area contributed by atoms with Gasteiger partial charge in [-0.25, -0.2) is 9.59 Å². The molecule has 2 rings (SSSR count). The predicted octanol–water partition coefficient (Wildman–Crippen LogP) is 1.41. The molecule has 0 bridgehead atoms. The van der Waals surface area contributed by atoms with Crippen molar-refractivity contribution in [3.8, 4) is 0 Å². The van der Waals surface area contributed by atoms with Crippen LogP contribution in [0.25, 0.3) is 0 Å². The van der Waals surface area contributed by atoms with Gasteiger partial charge < -0.3 is 26.4 Å². The quantitative estimate of drug-likeness (QED) is 0.498. The zero-order valence-electron chi connectivity index (χ0n) is 15.8. The average Bonchev–Trinajstić information content (AvgIpc) is 2.66. The maximum Gasteiger partial charge on any atom is 0.329 e. The molecule has 0 spiro atoms. The number of benzene rings is 2. The van der Waals surface area contributed by atoms with Gasteiger partial charge in [-0.3, -0.25) is 9.59 Å². The lowest BCUT2D eigenvalue weighted by Crippen LogP contribution is -2.46. The topological polar surface area (TPSA) is 140 Å². The molecule has 29 heavy (non-hydrogen) atoms. The molecule has 4 amide bonds. The number of nitrogens with two attached hydrogens (primary N) is 1. The summed E-state index contributed by atoms with van der Waals surface area (Å²) in [5, 5.41) is 7.48. The summed E-state index contributed by atoms with van der Waals surface area (Å²) in [6.45, 7) is 0.825. The van der Waals surface area contributed by atoms with Crippen LogP contribution in [0.3, 0.4) is 0 Å². The third-order valence-electron chi connectivity index (χ3n) is 3.70. The Labute approximate surface area is 167 Å². The molecular weight excluding hydrogens is 376 g/mol. The predicted molar refractivity (Wildman–Crippen MR) is 107 cm³/mol. The molecule has 0 aromatic heterocycles. The monoisotopic (exact) mass is 398 g/mol. The first-order chi connectivity index (χ1) is 13.8. The van der Waals surface area contributed by atoms with Crippen LogP contribution in [0.5, 0.6) is 0 Å². The van der Waals surface area contributed by atoms with Crippen LogP contribution >= 0.6 is 0 Å². The summed E-state index contributed by atoms with van der Waals surface area (Å²) < 4.78 is 5.02. The number of carbonyl (C=O) groups excluding carboxylic acids is 4. The van der Waals surface area contributed by atoms with Gasteiger partial charge in [0.1, 0.15) is 6.04 Å². The highest BCUT2D eigenvalue weighted by atomic mass is 16.5. The van der Waals surface area contributed by atoms with E-state index in [-0.39, 0.29) is 12.3 Å². The highest BCUT2D eigenvalue weighted by Crippen LogP contribution is 2.15. The van der Waals surface area contributed by atoms with Crippen molar-refractivity contribution in [2.75, 3.05) is 17.2 Å². The van der Waals surface area contributed by atoms with E-state index >= 15 is 0 Å². The normalized spacial score (nSPS) is 11.1. The number of anilines is 2. The average molecular weight is 398 g/mol. The van der Waals surface area contributed by atoms with Gasteiger partial charge >= 0.3 is 12.0 Å². The number of urea groups is 1. The number of amides is 4. The van der Waals surface area contributed by atoms with Crippen LogP contribution in [0.2, 0.25) is 0 Å². The third kappa shape index (κ3) is 7.71. The standard InChI is InChI=1S/C20H22N4O5/c1-13(25)22-15-8-5-9-16(11-15)23-18(26)12-29-19(27)17(24-20(21)28)10-14-6-3-2-4-7-14/h2-9,11,17H,10,12H2,1H3,(H,22,25)(H,23,26)(H3,21,24,28)/t17-/m0/s1. The van der Waals surface area contributed by atoms with Crippen LogP contribution in [0.4, 0.5) is 16.2 Å². The largest absolute Gasteiger partial charge is 0.454 e. The second kappa shape index (κ2) is 10.5. The lowest BCUT2D eigenvalue weighted by Gasteiger charge is -2.16. The van der Waals surface area contributed by atoms with Crippen molar-refractivity contribution in [3.05, 3.63) is 60.2 Å². The van der Waals surface area contributed by atoms with E-state index in [1.54, 1.807) is 48.5 Å². The van der Waals surface area contributed by atoms with Crippen molar-refractivity contribution in [3.63, 3.8) is 0 Å². The molecule has 2 aromatic carbocycles. The van der Waals surface area contributed by atoms with Crippen molar-refractivity contribution in [2.45, 2.75) is 19.4 Å². The molecule has 5 N–H and O–H groups in total. The highest BCUT2D eigenvalue weighted by Gasteiger charge is 2.22. The van der Waals surface area contributed by atoms with E-state index in [1.165, 1.54) is 6.92 Å². The lowest BCUT2D eigenvalue weighted by molar-refractivity contribution is -0.149. The molecule has 0 saturated carbocycles. The fraction of sp³-hybridized carbons (Fsp3) is 0.200. The van der Waals surface area contributed by atoms with Crippen LogP contribution in [0.15, 0.2) is 54.6 Å². The fourth-order valence-electron chi connectivity index (χ4n) is 2.53. The number of esters is 1. The minimum atomic E-state index is -1.02. The van der Waals surface area contributed by atoms with Gasteiger partial charge in [-0.05, 0) is 23.8 Å². The number of primary amides is 1. The smallest absolute Gasteiger partial charge is 0.329 e. The molecular formula is C20H22N4O5. The first kappa shape index (κ1) is 21.4. The summed E-state index contributed by atoms with van der Waals surface area (Å²) in [5.74, 6) is -1.60. The molecule has 9 heteroatoms. The van der Waals surface area contributed by atoms with Crippen molar-refractivity contribution >= 4 is 35.2 Å². The first-order valence-electron chi connectivity index (χ1n) is 8.77. The maximum absolute atomic E-state index is 12.3. The molecule has 9 nitrogen and oxygen atoms in total. The number of hydrogen-bond acceptors (Lipinski definition) is 5. The molecule has 0 saturated heterocycles. The minimum absolute atomic E-state index is 0.170. The van der Waals surface area contributed by atoms with E-state index in [0.717, 1.165) is 5.56 Å². The van der Waals surface area contributed by atoms with Gasteiger partial charge in [-0.15, -0.1) is 0 Å². The molecule has 0 radical (unpaired) electrons. The van der Waals surface area contributed by atoms with Crippen molar-refractivity contribution < 1.29 is 23.9 Å². The fourth-order valence-corrected chi connectivity index (χ4v) is 2.53. The Balaban J connectivity index is 1.92. The Bertz CT molecular complexity index is 885. The molecule has 0 aliphatic carbocycles. The minimum Gasteiger partial charge on any atom is -0.454 e. The van der Waals surface area contributed by atoms with E-state index in [1.807, 2.05) is 6.07 Å². The van der Waals surface area contributed by atoms with Gasteiger partial charge in [-0.2, -0.15) is 0 Å². The number of rotatable bonds is 8. The summed E-state index contributed by atoms with van der Waals surface area (Å²) in [5.41, 5.74) is 6.86. The second-order valence-electron chi connectivity index (χ2n) is 6.17. The molecule has 0 unspecified atom stereocenters. The summed E-state index contributed by atoms with van der Waals surface area (Å²) >= 11 is 0. The molecule has 2 aromatic rings. The van der Waals surface area contributed by atoms with Crippen LogP contribution < -0.4 is 21.7 Å². The Hall–Kier alpha value is -3.88. The van der Waals surface area contributed by atoms with Crippen LogP contribution in [0, 0.1) is 0 Å². The summed E-state index contributed by atoms with van der Waals surface area (Å²) in [4.78, 5) is 46.6. The summed E-state index contributed by atoms with van der Waals surface area (Å²) in [7, 11) is 0. The molecule has 0 aliphatic heterocycles. The van der Waals surface area contributed by atoms with E-state index < -0.39 is 30.6 Å². The van der Waals surface area contributed by atoms with Gasteiger partial charge in [0.15, 0.2) is 6.61 Å². The van der Waals surface area contributed by atoms with Crippen molar-refractivity contribution in [1.82, 2.24) is 5.32 Å². The molecule has 152 valence electrons. The second-order valence-corrected chi connectivity index (χ2v) is 6.17. The summed E-state index contributed by atoms with van der Waals surface area (Å²) in [6, 6.07) is 13.6. The number of nitrogens with one attached hydrogen (secondary N) is 3. The van der Waals surface area contributed by atoms with Gasteiger partial charge in [0.25, 0.3) is 5.91 Å². The van der Waals surface area contributed by atoms with Gasteiger partial charge in [0, 0.05) is 24.7 Å². The van der Waals surface area contributed by atoms with E-state index in [4.69, 9.17) is 10.5 Å². The molecule has 0 aliphatic rings. The zero-order chi connectivity index (χ0) is 21.2. The Morgan fingerprint density at radius 3 is 2.24 bits per heavy atom. The van der Waals surface area contributed by atoms with Crippen molar-refractivity contribution in [1.29, 1.82) is 0 Å². The maximum atomic E-state index is 12.3. The Morgan fingerprint density at radius 1 is 0.966 bits per heavy atom. The first-order valence-corrected chi connectivity index (χ1v) is 8.77.